The number of nitrogens with zero attached hydrogens (tertiary/aromatic N) is 1. The van der Waals surface area contributed by atoms with Gasteiger partial charge in [-0.05, 0) is 74.7 Å². The molecule has 158 valence electrons. The number of nitrogens with one attached hydrogen (secondary N) is 3. The van der Waals surface area contributed by atoms with Gasteiger partial charge in [0.2, 0.25) is 0 Å². The molecular weight excluding hydrogens is 384 g/mol. The third-order valence-electron chi connectivity index (χ3n) is 3.92. The molecule has 0 fully saturated rings. The molecule has 0 bridgehead atoms. The number of hydrogen-bond donors (Lipinski definition) is 3. The minimum atomic E-state index is -0.838. The van der Waals surface area contributed by atoms with Crippen molar-refractivity contribution in [2.75, 3.05) is 11.9 Å². The predicted molar refractivity (Wildman–Crippen MR) is 115 cm³/mol. The molecule has 0 aliphatic carbocycles. The molecule has 8 heteroatoms. The maximum Gasteiger partial charge on any atom is 0.329 e. The van der Waals surface area contributed by atoms with Gasteiger partial charge in [0.05, 0.1) is 6.21 Å². The number of ether oxygens (including phenoxy) is 1. The lowest BCUT2D eigenvalue weighted by molar-refractivity contribution is -0.139. The molecule has 0 aliphatic heterocycles. The Balaban J connectivity index is 1.81. The van der Waals surface area contributed by atoms with Crippen LogP contribution in [0.15, 0.2) is 47.6 Å². The maximum atomic E-state index is 12.1. The first-order valence-electron chi connectivity index (χ1n) is 9.48. The molecule has 2 aromatic rings. The first kappa shape index (κ1) is 22.6. The summed E-state index contributed by atoms with van der Waals surface area (Å²) in [5.41, 5.74) is 5.65. The van der Waals surface area contributed by atoms with Gasteiger partial charge in [-0.25, -0.2) is 5.43 Å². The van der Waals surface area contributed by atoms with Crippen molar-refractivity contribution in [1.82, 2.24) is 10.7 Å². The summed E-state index contributed by atoms with van der Waals surface area (Å²) in [4.78, 5) is 35.1. The Morgan fingerprint density at radius 2 is 1.73 bits per heavy atom. The molecule has 0 saturated carbocycles. The van der Waals surface area contributed by atoms with Crippen molar-refractivity contribution in [2.45, 2.75) is 33.7 Å². The number of carbonyl (C=O) groups is 3. The predicted octanol–water partition coefficient (Wildman–Crippen LogP) is 2.30. The summed E-state index contributed by atoms with van der Waals surface area (Å²) >= 11 is 0. The lowest BCUT2D eigenvalue weighted by Gasteiger charge is -2.10. The normalized spacial score (nSPS) is 10.7. The fraction of sp³-hybridized carbons (Fsp3) is 0.273. The van der Waals surface area contributed by atoms with E-state index in [1.807, 2.05) is 32.0 Å². The van der Waals surface area contributed by atoms with Crippen LogP contribution in [0.1, 0.15) is 30.5 Å². The first-order valence-corrected chi connectivity index (χ1v) is 9.48. The molecule has 0 saturated heterocycles. The monoisotopic (exact) mass is 410 g/mol. The zero-order valence-corrected chi connectivity index (χ0v) is 17.5. The molecule has 3 N–H and O–H groups in total. The summed E-state index contributed by atoms with van der Waals surface area (Å²) < 4.78 is 5.50. The van der Waals surface area contributed by atoms with E-state index < -0.39 is 11.8 Å². The molecule has 3 amide bonds. The van der Waals surface area contributed by atoms with Crippen molar-refractivity contribution in [3.63, 3.8) is 0 Å². The topological polar surface area (TPSA) is 109 Å². The van der Waals surface area contributed by atoms with Crippen LogP contribution in [0.4, 0.5) is 5.69 Å². The number of hydrogen-bond acceptors (Lipinski definition) is 5. The second-order valence-electron chi connectivity index (χ2n) is 7.05. The van der Waals surface area contributed by atoms with Gasteiger partial charge < -0.3 is 15.4 Å². The van der Waals surface area contributed by atoms with E-state index in [0.717, 1.165) is 16.8 Å². The van der Waals surface area contributed by atoms with E-state index in [9.17, 15) is 14.4 Å². The summed E-state index contributed by atoms with van der Waals surface area (Å²) in [6.07, 6.45) is 1.40. The van der Waals surface area contributed by atoms with Crippen molar-refractivity contribution in [3.05, 3.63) is 59.2 Å². The Labute approximate surface area is 175 Å². The van der Waals surface area contributed by atoms with E-state index in [2.05, 4.69) is 21.2 Å². The van der Waals surface area contributed by atoms with Crippen molar-refractivity contribution < 1.29 is 19.1 Å². The number of amides is 3. The second kappa shape index (κ2) is 10.8. The zero-order valence-electron chi connectivity index (χ0n) is 17.5. The highest BCUT2D eigenvalue weighted by Crippen LogP contribution is 2.16. The highest BCUT2D eigenvalue weighted by atomic mass is 16.5. The summed E-state index contributed by atoms with van der Waals surface area (Å²) in [7, 11) is 0. The minimum absolute atomic E-state index is 0.123. The minimum Gasteiger partial charge on any atom is -0.484 e. The lowest BCUT2D eigenvalue weighted by Crippen LogP contribution is -2.41. The summed E-state index contributed by atoms with van der Waals surface area (Å²) in [6.45, 7) is 7.27. The number of carbonyl (C=O) groups excluding carboxylic acids is 3. The van der Waals surface area contributed by atoms with Gasteiger partial charge in [0.1, 0.15) is 5.75 Å². The van der Waals surface area contributed by atoms with Crippen LogP contribution < -0.4 is 20.8 Å². The van der Waals surface area contributed by atoms with Crippen LogP contribution in [-0.2, 0) is 14.4 Å². The fourth-order valence-corrected chi connectivity index (χ4v) is 2.40. The quantitative estimate of drug-likeness (QED) is 0.370. The van der Waals surface area contributed by atoms with Crippen LogP contribution in [0.5, 0.6) is 5.75 Å². The molecule has 0 atom stereocenters. The molecule has 0 spiro atoms. The van der Waals surface area contributed by atoms with Gasteiger partial charge in [0.25, 0.3) is 5.91 Å². The first-order chi connectivity index (χ1) is 14.2. The van der Waals surface area contributed by atoms with E-state index in [0.29, 0.717) is 11.3 Å². The summed E-state index contributed by atoms with van der Waals surface area (Å²) in [6, 6.07) is 12.5. The van der Waals surface area contributed by atoms with Crippen LogP contribution in [-0.4, -0.2) is 36.6 Å². The van der Waals surface area contributed by atoms with Gasteiger partial charge >= 0.3 is 11.8 Å². The number of rotatable bonds is 7. The van der Waals surface area contributed by atoms with E-state index in [1.165, 1.54) is 6.21 Å². The third-order valence-corrected chi connectivity index (χ3v) is 3.92. The van der Waals surface area contributed by atoms with Crippen molar-refractivity contribution >= 4 is 29.6 Å². The molecule has 0 aliphatic rings. The summed E-state index contributed by atoms with van der Waals surface area (Å²) in [5.74, 6) is -1.32. The highest BCUT2D eigenvalue weighted by molar-refractivity contribution is 6.35. The van der Waals surface area contributed by atoms with E-state index in [1.54, 1.807) is 38.1 Å². The van der Waals surface area contributed by atoms with Crippen LogP contribution >= 0.6 is 0 Å². The largest absolute Gasteiger partial charge is 0.484 e. The molecule has 8 nitrogen and oxygen atoms in total. The van der Waals surface area contributed by atoms with Crippen molar-refractivity contribution in [1.29, 1.82) is 0 Å². The standard InChI is InChI=1S/C22H26N4O4/c1-14(2)24-21(28)22(29)26-23-12-17-7-9-18(10-8-17)30-13-20(27)25-19-11-15(3)5-6-16(19)4/h5-12,14H,13H2,1-4H3,(H,24,28)(H,25,27)(H,26,29)/b23-12-. The molecule has 0 heterocycles. The van der Waals surface area contributed by atoms with E-state index in [4.69, 9.17) is 4.74 Å². The van der Waals surface area contributed by atoms with E-state index >= 15 is 0 Å². The second-order valence-corrected chi connectivity index (χ2v) is 7.05. The van der Waals surface area contributed by atoms with Crippen molar-refractivity contribution in [3.8, 4) is 5.75 Å². The van der Waals surface area contributed by atoms with Gasteiger partial charge in [-0.3, -0.25) is 14.4 Å². The zero-order chi connectivity index (χ0) is 22.1. The van der Waals surface area contributed by atoms with Gasteiger partial charge in [0, 0.05) is 11.7 Å². The van der Waals surface area contributed by atoms with Crippen molar-refractivity contribution in [2.24, 2.45) is 5.10 Å². The number of aryl methyl sites for hydroxylation is 2. The Morgan fingerprint density at radius 1 is 1.03 bits per heavy atom. The molecule has 0 aromatic heterocycles. The number of anilines is 1. The third kappa shape index (κ3) is 7.38. The molecule has 0 unspecified atom stereocenters. The Hall–Kier alpha value is -3.68. The Bertz CT molecular complexity index is 937. The summed E-state index contributed by atoms with van der Waals surface area (Å²) in [5, 5.41) is 9.05. The average molecular weight is 410 g/mol. The highest BCUT2D eigenvalue weighted by Gasteiger charge is 2.12. The van der Waals surface area contributed by atoms with Gasteiger partial charge in [-0.15, -0.1) is 0 Å². The van der Waals surface area contributed by atoms with Crippen LogP contribution in [0.25, 0.3) is 0 Å². The van der Waals surface area contributed by atoms with Crippen LogP contribution in [0.3, 0.4) is 0 Å². The van der Waals surface area contributed by atoms with Crippen LogP contribution in [0.2, 0.25) is 0 Å². The number of benzene rings is 2. The molecule has 30 heavy (non-hydrogen) atoms. The Morgan fingerprint density at radius 3 is 2.40 bits per heavy atom. The van der Waals surface area contributed by atoms with Crippen LogP contribution in [0, 0.1) is 13.8 Å². The average Bonchev–Trinajstić information content (AvgIpc) is 2.69. The fourth-order valence-electron chi connectivity index (χ4n) is 2.40. The van der Waals surface area contributed by atoms with Gasteiger partial charge in [0.15, 0.2) is 6.61 Å². The molecule has 2 aromatic carbocycles. The SMILES string of the molecule is Cc1ccc(C)c(NC(=O)COc2ccc(/C=N\NC(=O)C(=O)NC(C)C)cc2)c1. The molecule has 0 radical (unpaired) electrons. The molecular formula is C22H26N4O4. The number of hydrazone groups is 1. The molecule has 2 rings (SSSR count). The lowest BCUT2D eigenvalue weighted by atomic mass is 10.1. The maximum absolute atomic E-state index is 12.1. The van der Waals surface area contributed by atoms with Gasteiger partial charge in [-0.1, -0.05) is 12.1 Å². The smallest absolute Gasteiger partial charge is 0.329 e. The van der Waals surface area contributed by atoms with Gasteiger partial charge in [-0.2, -0.15) is 5.10 Å². The van der Waals surface area contributed by atoms with E-state index in [-0.39, 0.29) is 18.6 Å². The Kier molecular flexibility index (Phi) is 8.10.